The maximum Gasteiger partial charge on any atom is 0.347 e. The van der Waals surface area contributed by atoms with Gasteiger partial charge in [-0.3, -0.25) is 0 Å². The van der Waals surface area contributed by atoms with Crippen molar-refractivity contribution in [2.75, 3.05) is 0 Å². The van der Waals surface area contributed by atoms with Crippen molar-refractivity contribution >= 4 is 67.0 Å². The first-order valence-electron chi connectivity index (χ1n) is 20.6. The van der Waals surface area contributed by atoms with E-state index in [1.165, 1.54) is 11.1 Å². The molecule has 6 aromatic carbocycles. The SMILES string of the molecule is Cc1ccc(-c2c3nc(c4c5ccc(C)cc5c(-c5ccccc5)c5c(=O)oc(nc54)c(-c4ccc(C)cc4)c4ccc([nH]4)c(-c4ccc(C)cc4)c4ccc2[nH]4)C=C3)cc1. The Bertz CT molecular complexity index is 3610. The van der Waals surface area contributed by atoms with Gasteiger partial charge in [0.1, 0.15) is 0 Å². The zero-order valence-corrected chi connectivity index (χ0v) is 34.2. The van der Waals surface area contributed by atoms with Crippen LogP contribution in [0.1, 0.15) is 33.6 Å². The number of benzene rings is 6. The lowest BCUT2D eigenvalue weighted by molar-refractivity contribution is 0.555. The Morgan fingerprint density at radius 2 is 0.918 bits per heavy atom. The van der Waals surface area contributed by atoms with Crippen LogP contribution in [0.15, 0.2) is 155 Å². The number of nitrogens with zero attached hydrogens (tertiary/aromatic N) is 2. The third-order valence-corrected chi connectivity index (χ3v) is 11.9. The van der Waals surface area contributed by atoms with Gasteiger partial charge in [-0.05, 0) is 97.1 Å². The lowest BCUT2D eigenvalue weighted by Gasteiger charge is -2.14. The van der Waals surface area contributed by atoms with Crippen LogP contribution in [0, 0.1) is 27.7 Å². The van der Waals surface area contributed by atoms with E-state index in [0.717, 1.165) is 94.0 Å². The average molecular weight is 789 g/mol. The summed E-state index contributed by atoms with van der Waals surface area (Å²) in [6, 6.07) is 50.4. The fraction of sp³-hybridized carbons (Fsp3) is 0.0727. The zero-order valence-electron chi connectivity index (χ0n) is 34.2. The van der Waals surface area contributed by atoms with Gasteiger partial charge in [-0.15, -0.1) is 0 Å². The fourth-order valence-electron chi connectivity index (χ4n) is 8.90. The first-order chi connectivity index (χ1) is 29.8. The quantitative estimate of drug-likeness (QED) is 0.174. The second-order valence-corrected chi connectivity index (χ2v) is 16.2. The molecule has 6 nitrogen and oxygen atoms in total. The molecule has 0 saturated heterocycles. The van der Waals surface area contributed by atoms with Gasteiger partial charge in [0.25, 0.3) is 0 Å². The van der Waals surface area contributed by atoms with Gasteiger partial charge in [-0.1, -0.05) is 144 Å². The van der Waals surface area contributed by atoms with Crippen molar-refractivity contribution < 1.29 is 4.42 Å². The highest BCUT2D eigenvalue weighted by Crippen LogP contribution is 2.42. The molecule has 0 amide bonds. The van der Waals surface area contributed by atoms with E-state index < -0.39 is 5.63 Å². The van der Waals surface area contributed by atoms with E-state index in [9.17, 15) is 0 Å². The van der Waals surface area contributed by atoms with Crippen LogP contribution in [-0.4, -0.2) is 19.9 Å². The van der Waals surface area contributed by atoms with Gasteiger partial charge in [0.2, 0.25) is 5.71 Å². The highest BCUT2D eigenvalue weighted by Gasteiger charge is 2.23. The Morgan fingerprint density at radius 1 is 0.426 bits per heavy atom. The van der Waals surface area contributed by atoms with Crippen LogP contribution >= 0.6 is 0 Å². The maximum absolute atomic E-state index is 15.0. The summed E-state index contributed by atoms with van der Waals surface area (Å²) in [5.74, 6) is 0. The monoisotopic (exact) mass is 788 g/mol. The number of nitrogens with one attached hydrogen (secondary N) is 2. The normalized spacial score (nSPS) is 11.9. The van der Waals surface area contributed by atoms with Crippen LogP contribution in [0.2, 0.25) is 0 Å². The van der Waals surface area contributed by atoms with Crippen LogP contribution < -0.4 is 5.63 Å². The van der Waals surface area contributed by atoms with Crippen LogP contribution in [0.3, 0.4) is 0 Å². The smallest absolute Gasteiger partial charge is 0.347 e. The summed E-state index contributed by atoms with van der Waals surface area (Å²) < 4.78 is 6.50. The van der Waals surface area contributed by atoms with Crippen LogP contribution in [0.4, 0.5) is 0 Å². The van der Waals surface area contributed by atoms with E-state index in [4.69, 9.17) is 14.4 Å². The van der Waals surface area contributed by atoms with Crippen LogP contribution in [0.5, 0.6) is 0 Å². The first-order valence-corrected chi connectivity index (χ1v) is 20.6. The van der Waals surface area contributed by atoms with Gasteiger partial charge in [-0.2, -0.15) is 0 Å². The summed E-state index contributed by atoms with van der Waals surface area (Å²) in [5, 5.41) is 3.07. The molecule has 0 atom stereocenters. The molecule has 0 spiro atoms. The molecule has 11 rings (SSSR count). The van der Waals surface area contributed by atoms with Crippen molar-refractivity contribution in [3.8, 4) is 44.5 Å². The average Bonchev–Trinajstić information content (AvgIpc) is 4.06. The third-order valence-electron chi connectivity index (χ3n) is 11.9. The Morgan fingerprint density at radius 3 is 1.52 bits per heavy atom. The van der Waals surface area contributed by atoms with Gasteiger partial charge >= 0.3 is 5.63 Å². The summed E-state index contributed by atoms with van der Waals surface area (Å²) in [4.78, 5) is 33.6. The zero-order chi connectivity index (χ0) is 41.4. The molecule has 6 heteroatoms. The Labute approximate surface area is 351 Å². The lowest BCUT2D eigenvalue weighted by Crippen LogP contribution is -2.06. The molecule has 0 fully saturated rings. The van der Waals surface area contributed by atoms with Crippen molar-refractivity contribution in [3.63, 3.8) is 0 Å². The van der Waals surface area contributed by atoms with Crippen LogP contribution in [-0.2, 0) is 0 Å². The minimum Gasteiger partial charge on any atom is -0.403 e. The predicted octanol–water partition coefficient (Wildman–Crippen LogP) is 13.9. The number of rotatable bonds is 4. The molecule has 0 aliphatic carbocycles. The van der Waals surface area contributed by atoms with Crippen molar-refractivity contribution in [1.82, 2.24) is 19.9 Å². The summed E-state index contributed by atoms with van der Waals surface area (Å²) in [6.07, 6.45) is 4.14. The topological polar surface area (TPSA) is 87.6 Å². The number of aromatic amines is 2. The van der Waals surface area contributed by atoms with Gasteiger partial charge in [0, 0.05) is 38.6 Å². The molecular formula is C55H40N4O2. The Kier molecular flexibility index (Phi) is 8.43. The van der Waals surface area contributed by atoms with Gasteiger partial charge in [0.15, 0.2) is 0 Å². The fourth-order valence-corrected chi connectivity index (χ4v) is 8.90. The second kappa shape index (κ2) is 14.2. The number of hydrogen-bond acceptors (Lipinski definition) is 4. The van der Waals surface area contributed by atoms with Crippen molar-refractivity contribution in [1.29, 1.82) is 0 Å². The number of hydrogen-bond donors (Lipinski definition) is 2. The van der Waals surface area contributed by atoms with E-state index >= 15 is 4.79 Å². The van der Waals surface area contributed by atoms with Crippen molar-refractivity contribution in [3.05, 3.63) is 190 Å². The molecule has 8 bridgehead atoms. The van der Waals surface area contributed by atoms with Crippen molar-refractivity contribution in [2.24, 2.45) is 0 Å². The molecule has 10 aromatic rings. The molecule has 5 heterocycles. The van der Waals surface area contributed by atoms with Gasteiger partial charge in [-0.25, -0.2) is 14.8 Å². The van der Waals surface area contributed by atoms with E-state index in [-0.39, 0.29) is 5.71 Å². The lowest BCUT2D eigenvalue weighted by atomic mass is 9.90. The summed E-state index contributed by atoms with van der Waals surface area (Å²) >= 11 is 0. The molecule has 2 N–H and O–H groups in total. The molecule has 1 aliphatic rings. The number of aromatic nitrogens is 4. The molecule has 61 heavy (non-hydrogen) atoms. The van der Waals surface area contributed by atoms with E-state index in [1.54, 1.807) is 0 Å². The number of fused-ring (bicyclic) bond motifs is 10. The van der Waals surface area contributed by atoms with E-state index in [1.807, 2.05) is 30.3 Å². The predicted molar refractivity (Wildman–Crippen MR) is 253 cm³/mol. The van der Waals surface area contributed by atoms with Gasteiger partial charge < -0.3 is 14.4 Å². The Hall–Kier alpha value is -7.83. The first kappa shape index (κ1) is 36.3. The number of aryl methyl sites for hydroxylation is 4. The van der Waals surface area contributed by atoms with E-state index in [2.05, 4.69) is 165 Å². The summed E-state index contributed by atoms with van der Waals surface area (Å²) in [7, 11) is 0. The highest BCUT2D eigenvalue weighted by molar-refractivity contribution is 6.24. The summed E-state index contributed by atoms with van der Waals surface area (Å²) in [6.45, 7) is 8.34. The molecular weight excluding hydrogens is 749 g/mol. The largest absolute Gasteiger partial charge is 0.403 e. The maximum atomic E-state index is 15.0. The standard InChI is InChI=1S/C55H40N4O2/c1-31-10-17-36(18-11-31)48-41-24-25-42(56-41)49(37-19-12-32(2)13-20-37)44-27-29-46(58-44)51-39-23-16-34(4)30-40(39)47(35-8-6-5-7-9-35)52-53(51)59-54(61-55(52)60)50(45-28-26-43(48)57-45)38-21-14-33(3)15-22-38/h5-30,56-57H,1-4H3. The molecule has 4 aromatic heterocycles. The van der Waals surface area contributed by atoms with Crippen molar-refractivity contribution in [2.45, 2.75) is 27.7 Å². The minimum atomic E-state index is -0.468. The minimum absolute atomic E-state index is 0.214. The molecule has 0 saturated carbocycles. The molecule has 1 aliphatic heterocycles. The Balaban J connectivity index is 1.41. The number of H-pyrrole nitrogens is 2. The molecule has 0 radical (unpaired) electrons. The highest BCUT2D eigenvalue weighted by atomic mass is 16.4. The van der Waals surface area contributed by atoms with Crippen LogP contribution in [0.25, 0.3) is 112 Å². The molecule has 292 valence electrons. The second-order valence-electron chi connectivity index (χ2n) is 16.2. The van der Waals surface area contributed by atoms with Gasteiger partial charge in [0.05, 0.1) is 33.4 Å². The summed E-state index contributed by atoms with van der Waals surface area (Å²) in [5.41, 5.74) is 17.1. The third kappa shape index (κ3) is 6.15. The van der Waals surface area contributed by atoms with E-state index in [0.29, 0.717) is 22.2 Å². The molecule has 0 unspecified atom stereocenters.